The fourth-order valence-electron chi connectivity index (χ4n) is 2.02. The Balaban J connectivity index is 1.74. The zero-order valence-corrected chi connectivity index (χ0v) is 14.1. The van der Waals surface area contributed by atoms with Gasteiger partial charge in [-0.3, -0.25) is 4.79 Å². The smallest absolute Gasteiger partial charge is 0.224 e. The molecule has 0 aliphatic rings. The van der Waals surface area contributed by atoms with Gasteiger partial charge in [0.2, 0.25) is 5.91 Å². The topological polar surface area (TPSA) is 51.2 Å². The van der Waals surface area contributed by atoms with Crippen LogP contribution in [0.25, 0.3) is 0 Å². The van der Waals surface area contributed by atoms with E-state index in [9.17, 15) is 4.79 Å². The molecule has 1 heterocycles. The number of hydrogen-bond acceptors (Lipinski definition) is 4. The van der Waals surface area contributed by atoms with Crippen molar-refractivity contribution in [2.24, 2.45) is 0 Å². The van der Waals surface area contributed by atoms with E-state index in [1.54, 1.807) is 18.4 Å². The minimum absolute atomic E-state index is 0.0319. The number of nitrogens with one attached hydrogen (secondary N) is 1. The van der Waals surface area contributed by atoms with Crippen LogP contribution in [0.4, 0.5) is 0 Å². The SMILES string of the molecule is COc1ccc(CC(=O)NCCc2csc(C(C)C)n2)cc1. The first kappa shape index (κ1) is 16.5. The van der Waals surface area contributed by atoms with Gasteiger partial charge in [0.1, 0.15) is 5.75 Å². The summed E-state index contributed by atoms with van der Waals surface area (Å²) in [5, 5.41) is 6.17. The molecule has 2 rings (SSSR count). The van der Waals surface area contributed by atoms with Crippen molar-refractivity contribution in [2.45, 2.75) is 32.6 Å². The van der Waals surface area contributed by atoms with Crippen LogP contribution in [0.1, 0.15) is 36.0 Å². The molecule has 22 heavy (non-hydrogen) atoms. The van der Waals surface area contributed by atoms with Crippen molar-refractivity contribution in [3.63, 3.8) is 0 Å². The maximum atomic E-state index is 11.9. The molecule has 0 atom stereocenters. The number of benzene rings is 1. The van der Waals surface area contributed by atoms with Gasteiger partial charge in [-0.05, 0) is 17.7 Å². The molecular formula is C17H22N2O2S. The van der Waals surface area contributed by atoms with Crippen molar-refractivity contribution >= 4 is 17.2 Å². The van der Waals surface area contributed by atoms with E-state index < -0.39 is 0 Å². The number of methoxy groups -OCH3 is 1. The van der Waals surface area contributed by atoms with E-state index >= 15 is 0 Å². The molecule has 4 nitrogen and oxygen atoms in total. The van der Waals surface area contributed by atoms with E-state index in [-0.39, 0.29) is 5.91 Å². The van der Waals surface area contributed by atoms with Crippen LogP contribution >= 0.6 is 11.3 Å². The number of carbonyl (C=O) groups excluding carboxylic acids is 1. The Morgan fingerprint density at radius 2 is 2.05 bits per heavy atom. The van der Waals surface area contributed by atoms with Crippen LogP contribution in [0.3, 0.4) is 0 Å². The highest BCUT2D eigenvalue weighted by Gasteiger charge is 2.07. The Labute approximate surface area is 135 Å². The molecule has 0 radical (unpaired) electrons. The second-order valence-electron chi connectivity index (χ2n) is 5.46. The third kappa shape index (κ3) is 4.84. The Hall–Kier alpha value is -1.88. The van der Waals surface area contributed by atoms with Crippen LogP contribution in [0.5, 0.6) is 5.75 Å². The van der Waals surface area contributed by atoms with Crippen LogP contribution in [-0.4, -0.2) is 24.5 Å². The van der Waals surface area contributed by atoms with Crippen LogP contribution in [0.2, 0.25) is 0 Å². The van der Waals surface area contributed by atoms with Crippen LogP contribution in [0.15, 0.2) is 29.6 Å². The number of nitrogens with zero attached hydrogens (tertiary/aromatic N) is 1. The summed E-state index contributed by atoms with van der Waals surface area (Å²) in [6.45, 7) is 4.90. The Kier molecular flexibility index (Phi) is 5.95. The fraction of sp³-hybridized carbons (Fsp3) is 0.412. The van der Waals surface area contributed by atoms with E-state index in [0.717, 1.165) is 28.4 Å². The van der Waals surface area contributed by atoms with E-state index in [4.69, 9.17) is 4.74 Å². The highest BCUT2D eigenvalue weighted by molar-refractivity contribution is 7.09. The molecule has 0 spiro atoms. The summed E-state index contributed by atoms with van der Waals surface area (Å²) in [6.07, 6.45) is 1.16. The molecule has 0 saturated carbocycles. The molecular weight excluding hydrogens is 296 g/mol. The summed E-state index contributed by atoms with van der Waals surface area (Å²) in [7, 11) is 1.63. The number of thiazole rings is 1. The third-order valence-corrected chi connectivity index (χ3v) is 4.48. The van der Waals surface area contributed by atoms with Gasteiger partial charge >= 0.3 is 0 Å². The van der Waals surface area contributed by atoms with E-state index in [1.807, 2.05) is 24.3 Å². The van der Waals surface area contributed by atoms with Gasteiger partial charge in [0.15, 0.2) is 0 Å². The lowest BCUT2D eigenvalue weighted by Crippen LogP contribution is -2.27. The number of aromatic nitrogens is 1. The molecule has 0 fully saturated rings. The predicted octanol–water partition coefficient (Wildman–Crippen LogP) is 3.18. The van der Waals surface area contributed by atoms with Gasteiger partial charge in [-0.2, -0.15) is 0 Å². The lowest BCUT2D eigenvalue weighted by atomic mass is 10.1. The second-order valence-corrected chi connectivity index (χ2v) is 6.35. The summed E-state index contributed by atoms with van der Waals surface area (Å²) in [5.74, 6) is 1.29. The van der Waals surface area contributed by atoms with Crippen LogP contribution < -0.4 is 10.1 Å². The minimum atomic E-state index is 0.0319. The highest BCUT2D eigenvalue weighted by atomic mass is 32.1. The highest BCUT2D eigenvalue weighted by Crippen LogP contribution is 2.19. The quantitative estimate of drug-likeness (QED) is 0.853. The molecule has 1 aromatic carbocycles. The van der Waals surface area contributed by atoms with Crippen molar-refractivity contribution in [1.29, 1.82) is 0 Å². The first-order chi connectivity index (χ1) is 10.6. The average Bonchev–Trinajstić information content (AvgIpc) is 2.97. The zero-order chi connectivity index (χ0) is 15.9. The third-order valence-electron chi connectivity index (χ3n) is 3.29. The van der Waals surface area contributed by atoms with Gasteiger partial charge in [-0.15, -0.1) is 11.3 Å². The number of carbonyl (C=O) groups is 1. The van der Waals surface area contributed by atoms with E-state index in [1.165, 1.54) is 0 Å². The monoisotopic (exact) mass is 318 g/mol. The summed E-state index contributed by atoms with van der Waals surface area (Å²) in [4.78, 5) is 16.5. The Morgan fingerprint density at radius 1 is 1.32 bits per heavy atom. The first-order valence-corrected chi connectivity index (χ1v) is 8.30. The van der Waals surface area contributed by atoms with Gasteiger partial charge in [-0.1, -0.05) is 26.0 Å². The van der Waals surface area contributed by atoms with Crippen LogP contribution in [-0.2, 0) is 17.6 Å². The molecule has 2 aromatic rings. The molecule has 1 N–H and O–H groups in total. The Morgan fingerprint density at radius 3 is 2.64 bits per heavy atom. The van der Waals surface area contributed by atoms with Crippen molar-refractivity contribution in [3.05, 3.63) is 45.9 Å². The van der Waals surface area contributed by atoms with Gasteiger partial charge in [0.25, 0.3) is 0 Å². The number of rotatable bonds is 7. The lowest BCUT2D eigenvalue weighted by molar-refractivity contribution is -0.120. The summed E-state index contributed by atoms with van der Waals surface area (Å²) in [5.41, 5.74) is 2.03. The minimum Gasteiger partial charge on any atom is -0.497 e. The number of ether oxygens (including phenoxy) is 1. The molecule has 0 bridgehead atoms. The standard InChI is InChI=1S/C17H22N2O2S/c1-12(2)17-19-14(11-22-17)8-9-18-16(20)10-13-4-6-15(21-3)7-5-13/h4-7,11-12H,8-10H2,1-3H3,(H,18,20). The van der Waals surface area contributed by atoms with Gasteiger partial charge in [-0.25, -0.2) is 4.98 Å². The van der Waals surface area contributed by atoms with Crippen molar-refractivity contribution in [3.8, 4) is 5.75 Å². The van der Waals surface area contributed by atoms with E-state index in [0.29, 0.717) is 18.9 Å². The molecule has 1 amide bonds. The second kappa shape index (κ2) is 7.94. The molecule has 5 heteroatoms. The first-order valence-electron chi connectivity index (χ1n) is 7.42. The number of amides is 1. The zero-order valence-electron chi connectivity index (χ0n) is 13.3. The maximum Gasteiger partial charge on any atom is 0.224 e. The number of hydrogen-bond donors (Lipinski definition) is 1. The largest absolute Gasteiger partial charge is 0.497 e. The molecule has 118 valence electrons. The van der Waals surface area contributed by atoms with Crippen molar-refractivity contribution in [2.75, 3.05) is 13.7 Å². The summed E-state index contributed by atoms with van der Waals surface area (Å²) >= 11 is 1.69. The summed E-state index contributed by atoms with van der Waals surface area (Å²) < 4.78 is 5.10. The van der Waals surface area contributed by atoms with Crippen LogP contribution in [0, 0.1) is 0 Å². The Bertz CT molecular complexity index is 605. The normalized spacial score (nSPS) is 10.7. The summed E-state index contributed by atoms with van der Waals surface area (Å²) in [6, 6.07) is 7.55. The average molecular weight is 318 g/mol. The fourth-order valence-corrected chi connectivity index (χ4v) is 2.89. The van der Waals surface area contributed by atoms with Gasteiger partial charge in [0, 0.05) is 24.3 Å². The molecule has 1 aromatic heterocycles. The van der Waals surface area contributed by atoms with E-state index in [2.05, 4.69) is 29.5 Å². The van der Waals surface area contributed by atoms with Gasteiger partial charge in [0.05, 0.1) is 24.2 Å². The van der Waals surface area contributed by atoms with Gasteiger partial charge < -0.3 is 10.1 Å². The molecule has 0 unspecified atom stereocenters. The maximum absolute atomic E-state index is 11.9. The molecule has 0 aliphatic heterocycles. The van der Waals surface area contributed by atoms with Crippen molar-refractivity contribution in [1.82, 2.24) is 10.3 Å². The molecule has 0 aliphatic carbocycles. The predicted molar refractivity (Wildman–Crippen MR) is 89.6 cm³/mol. The van der Waals surface area contributed by atoms with Crippen molar-refractivity contribution < 1.29 is 9.53 Å². The lowest BCUT2D eigenvalue weighted by Gasteiger charge is -2.05. The molecule has 0 saturated heterocycles.